The molecule has 3 aromatic heterocycles. The van der Waals surface area contributed by atoms with Crippen LogP contribution in [-0.2, 0) is 4.79 Å². The van der Waals surface area contributed by atoms with Gasteiger partial charge in [-0.3, -0.25) is 14.9 Å². The molecule has 0 radical (unpaired) electrons. The molecule has 2 aliphatic heterocycles. The highest BCUT2D eigenvalue weighted by molar-refractivity contribution is 7.16. The fraction of sp³-hybridized carbons (Fsp3) is 0.520. The summed E-state index contributed by atoms with van der Waals surface area (Å²) < 4.78 is 1.75. The molecule has 0 aromatic carbocycles. The van der Waals surface area contributed by atoms with Crippen molar-refractivity contribution in [1.82, 2.24) is 39.6 Å². The molecular formula is C25H32N8O4S. The molecule has 0 saturated carbocycles. The summed E-state index contributed by atoms with van der Waals surface area (Å²) >= 11 is 1.52. The number of piperidine rings is 2. The maximum atomic E-state index is 13.8. The third-order valence-corrected chi connectivity index (χ3v) is 8.40. The molecule has 5 heterocycles. The molecular weight excluding hydrogens is 508 g/mol. The first-order valence-corrected chi connectivity index (χ1v) is 13.8. The van der Waals surface area contributed by atoms with E-state index < -0.39 is 6.09 Å². The molecule has 0 spiro atoms. The maximum Gasteiger partial charge on any atom is 0.407 e. The molecule has 0 aliphatic carbocycles. The number of thiazole rings is 1. The highest BCUT2D eigenvalue weighted by Crippen LogP contribution is 2.27. The lowest BCUT2D eigenvalue weighted by Gasteiger charge is -2.44. The fourth-order valence-electron chi connectivity index (χ4n) is 5.28. The van der Waals surface area contributed by atoms with Crippen LogP contribution in [0.15, 0.2) is 30.0 Å². The van der Waals surface area contributed by atoms with E-state index in [2.05, 4.69) is 20.4 Å². The summed E-state index contributed by atoms with van der Waals surface area (Å²) in [6.45, 7) is 3.60. The summed E-state index contributed by atoms with van der Waals surface area (Å²) in [4.78, 5) is 52.4. The second-order valence-corrected chi connectivity index (χ2v) is 10.6. The van der Waals surface area contributed by atoms with Crippen LogP contribution in [0.4, 0.5) is 4.79 Å². The highest BCUT2D eigenvalue weighted by Gasteiger charge is 2.37. The summed E-state index contributed by atoms with van der Waals surface area (Å²) in [7, 11) is 1.57. The van der Waals surface area contributed by atoms with E-state index in [1.807, 2.05) is 23.4 Å². The number of nitrogens with zero attached hydrogens (tertiary/aromatic N) is 7. The minimum absolute atomic E-state index is 0.116. The number of likely N-dealkylation sites (tertiary alicyclic amines) is 2. The van der Waals surface area contributed by atoms with Crippen LogP contribution < -0.4 is 5.32 Å². The third kappa shape index (κ3) is 5.20. The number of carbonyl (C=O) groups is 3. The van der Waals surface area contributed by atoms with Gasteiger partial charge in [-0.05, 0) is 25.3 Å². The fourth-order valence-corrected chi connectivity index (χ4v) is 6.07. The third-order valence-electron chi connectivity index (χ3n) is 7.51. The number of aromatic nitrogens is 4. The average Bonchev–Trinajstić information content (AvgIpc) is 3.57. The number of carbonyl (C=O) groups excluding carboxylic acids is 2. The summed E-state index contributed by atoms with van der Waals surface area (Å²) in [6.07, 6.45) is 6.84. The maximum absolute atomic E-state index is 13.8. The van der Waals surface area contributed by atoms with Crippen LogP contribution in [-0.4, -0.2) is 102 Å². The van der Waals surface area contributed by atoms with E-state index in [0.717, 1.165) is 23.2 Å². The SMILES string of the molecule is CCC(=O)N1CCC(NC2CC(N(C)C(=O)O)CCN2C(=O)c2ccnc(-c3cnn4ccsc34)n2)CC1. The molecule has 2 aliphatic rings. The Morgan fingerprint density at radius 2 is 2.00 bits per heavy atom. The molecule has 2 N–H and O–H groups in total. The molecule has 5 rings (SSSR count). The van der Waals surface area contributed by atoms with Crippen molar-refractivity contribution in [2.75, 3.05) is 26.7 Å². The van der Waals surface area contributed by atoms with Crippen molar-refractivity contribution < 1.29 is 19.5 Å². The Bertz CT molecular complexity index is 1320. The first kappa shape index (κ1) is 26.0. The van der Waals surface area contributed by atoms with Crippen molar-refractivity contribution in [3.8, 4) is 11.4 Å². The van der Waals surface area contributed by atoms with Gasteiger partial charge in [-0.1, -0.05) is 6.92 Å². The molecule has 0 bridgehead atoms. The number of hydrogen-bond acceptors (Lipinski definition) is 8. The van der Waals surface area contributed by atoms with Crippen LogP contribution in [0.25, 0.3) is 16.2 Å². The van der Waals surface area contributed by atoms with Gasteiger partial charge in [-0.2, -0.15) is 5.10 Å². The van der Waals surface area contributed by atoms with Crippen molar-refractivity contribution in [3.63, 3.8) is 0 Å². The number of carboxylic acid groups (broad SMARTS) is 1. The Kier molecular flexibility index (Phi) is 7.56. The van der Waals surface area contributed by atoms with Gasteiger partial charge >= 0.3 is 6.09 Å². The zero-order valence-electron chi connectivity index (χ0n) is 21.5. The highest BCUT2D eigenvalue weighted by atomic mass is 32.1. The van der Waals surface area contributed by atoms with Crippen LogP contribution in [0, 0.1) is 0 Å². The predicted octanol–water partition coefficient (Wildman–Crippen LogP) is 2.38. The molecule has 202 valence electrons. The van der Waals surface area contributed by atoms with E-state index in [1.165, 1.54) is 16.2 Å². The predicted molar refractivity (Wildman–Crippen MR) is 141 cm³/mol. The second-order valence-electron chi connectivity index (χ2n) is 9.74. The van der Waals surface area contributed by atoms with Crippen LogP contribution in [0.3, 0.4) is 0 Å². The normalized spacial score (nSPS) is 20.6. The second kappa shape index (κ2) is 11.0. The van der Waals surface area contributed by atoms with Crippen molar-refractivity contribution in [2.24, 2.45) is 0 Å². The Hall–Kier alpha value is -3.58. The van der Waals surface area contributed by atoms with Gasteiger partial charge in [0.1, 0.15) is 10.5 Å². The average molecular weight is 541 g/mol. The number of nitrogens with one attached hydrogen (secondary N) is 1. The largest absolute Gasteiger partial charge is 0.465 e. The minimum Gasteiger partial charge on any atom is -0.465 e. The molecule has 2 saturated heterocycles. The number of rotatable bonds is 6. The van der Waals surface area contributed by atoms with E-state index in [9.17, 15) is 19.5 Å². The number of fused-ring (bicyclic) bond motifs is 1. The first-order valence-electron chi connectivity index (χ1n) is 12.9. The Morgan fingerprint density at radius 3 is 2.74 bits per heavy atom. The van der Waals surface area contributed by atoms with Gasteiger partial charge in [0.15, 0.2) is 5.82 Å². The summed E-state index contributed by atoms with van der Waals surface area (Å²) in [5, 5.41) is 19.4. The molecule has 2 atom stereocenters. The Morgan fingerprint density at radius 1 is 1.21 bits per heavy atom. The van der Waals surface area contributed by atoms with Crippen molar-refractivity contribution >= 4 is 34.1 Å². The van der Waals surface area contributed by atoms with E-state index in [0.29, 0.717) is 44.7 Å². The van der Waals surface area contributed by atoms with Crippen molar-refractivity contribution in [2.45, 2.75) is 57.3 Å². The van der Waals surface area contributed by atoms with E-state index in [-0.39, 0.29) is 35.8 Å². The first-order chi connectivity index (χ1) is 18.4. The lowest BCUT2D eigenvalue weighted by atomic mass is 9.97. The Labute approximate surface area is 224 Å². The zero-order valence-corrected chi connectivity index (χ0v) is 22.3. The summed E-state index contributed by atoms with van der Waals surface area (Å²) in [5.41, 5.74) is 1.05. The van der Waals surface area contributed by atoms with E-state index >= 15 is 0 Å². The lowest BCUT2D eigenvalue weighted by Crippen LogP contribution is -2.60. The quantitative estimate of drug-likeness (QED) is 0.486. The van der Waals surface area contributed by atoms with E-state index in [1.54, 1.807) is 34.9 Å². The van der Waals surface area contributed by atoms with Crippen LogP contribution in [0.5, 0.6) is 0 Å². The molecule has 38 heavy (non-hydrogen) atoms. The monoisotopic (exact) mass is 540 g/mol. The standard InChI is InChI=1S/C25H32N8O4S/c1-3-21(34)31-9-5-16(6-10-31)28-20-14-17(30(2)25(36)37)7-11-32(20)23(35)19-4-8-26-22(29-19)18-15-27-33-12-13-38-24(18)33/h4,8,12-13,15-17,20,28H,3,5-7,9-11,14H2,1-2H3,(H,36,37). The van der Waals surface area contributed by atoms with Crippen LogP contribution in [0.2, 0.25) is 0 Å². The number of hydrogen-bond donors (Lipinski definition) is 2. The molecule has 2 unspecified atom stereocenters. The van der Waals surface area contributed by atoms with Gasteiger partial charge in [0.25, 0.3) is 5.91 Å². The van der Waals surface area contributed by atoms with Crippen LogP contribution in [0.1, 0.15) is 49.5 Å². The summed E-state index contributed by atoms with van der Waals surface area (Å²) in [6, 6.07) is 1.52. The smallest absolute Gasteiger partial charge is 0.407 e. The number of amides is 3. The molecule has 12 nitrogen and oxygen atoms in total. The van der Waals surface area contributed by atoms with Gasteiger partial charge in [0.05, 0.1) is 17.9 Å². The topological polar surface area (TPSA) is 136 Å². The van der Waals surface area contributed by atoms with Crippen molar-refractivity contribution in [3.05, 3.63) is 35.7 Å². The molecule has 3 amide bonds. The molecule has 3 aromatic rings. The Balaban J connectivity index is 1.35. The van der Waals surface area contributed by atoms with Gasteiger partial charge in [0, 0.05) is 69.4 Å². The molecule has 13 heteroatoms. The lowest BCUT2D eigenvalue weighted by molar-refractivity contribution is -0.132. The van der Waals surface area contributed by atoms with Gasteiger partial charge < -0.3 is 19.8 Å². The summed E-state index contributed by atoms with van der Waals surface area (Å²) in [5.74, 6) is 0.362. The van der Waals surface area contributed by atoms with Gasteiger partial charge in [0.2, 0.25) is 5.91 Å². The van der Waals surface area contributed by atoms with Crippen molar-refractivity contribution in [1.29, 1.82) is 0 Å². The minimum atomic E-state index is -0.985. The van der Waals surface area contributed by atoms with Gasteiger partial charge in [-0.15, -0.1) is 11.3 Å². The van der Waals surface area contributed by atoms with Gasteiger partial charge in [-0.25, -0.2) is 19.3 Å². The zero-order chi connectivity index (χ0) is 26.8. The molecule has 2 fully saturated rings. The van der Waals surface area contributed by atoms with E-state index in [4.69, 9.17) is 0 Å². The van der Waals surface area contributed by atoms with Crippen LogP contribution >= 0.6 is 11.3 Å².